The number of likely N-dealkylation sites (N-methyl/N-ethyl adjacent to an activating group) is 1. The molecule has 0 aromatic heterocycles. The van der Waals surface area contributed by atoms with Crippen molar-refractivity contribution >= 4 is 23.9 Å². The zero-order valence-corrected chi connectivity index (χ0v) is 20.4. The number of hydrogen-bond donors (Lipinski definition) is 4. The number of carbonyl (C=O) groups excluding carboxylic acids is 4. The molecule has 1 atom stereocenters. The van der Waals surface area contributed by atoms with Crippen LogP contribution in [0.2, 0.25) is 0 Å². The predicted molar refractivity (Wildman–Crippen MR) is 125 cm³/mol. The van der Waals surface area contributed by atoms with Crippen molar-refractivity contribution in [2.75, 3.05) is 27.2 Å². The number of methoxy groups -OCH3 is 1. The number of esters is 1. The zero-order valence-electron chi connectivity index (χ0n) is 20.4. The summed E-state index contributed by atoms with van der Waals surface area (Å²) in [6, 6.07) is 7.44. The van der Waals surface area contributed by atoms with Gasteiger partial charge in [-0.2, -0.15) is 0 Å². The molecule has 10 heteroatoms. The summed E-state index contributed by atoms with van der Waals surface area (Å²) in [5, 5.41) is 7.02. The molecule has 0 fully saturated rings. The van der Waals surface area contributed by atoms with Gasteiger partial charge in [-0.15, -0.1) is 0 Å². The number of nitrogens with one attached hydrogen (secondary N) is 3. The lowest BCUT2D eigenvalue weighted by Crippen LogP contribution is -2.49. The first-order chi connectivity index (χ1) is 15.4. The lowest BCUT2D eigenvalue weighted by atomic mass is 10.1. The van der Waals surface area contributed by atoms with E-state index in [1.807, 2.05) is 0 Å². The van der Waals surface area contributed by atoms with Crippen molar-refractivity contribution in [1.29, 1.82) is 0 Å². The van der Waals surface area contributed by atoms with Crippen molar-refractivity contribution < 1.29 is 28.7 Å². The highest BCUT2D eigenvalue weighted by molar-refractivity contribution is 5.89. The van der Waals surface area contributed by atoms with E-state index >= 15 is 0 Å². The summed E-state index contributed by atoms with van der Waals surface area (Å²) in [5.74, 6) is -1.47. The molecule has 0 aliphatic carbocycles. The maximum Gasteiger partial charge on any atom is 0.407 e. The van der Waals surface area contributed by atoms with Crippen molar-refractivity contribution in [2.24, 2.45) is 5.73 Å². The molecule has 0 saturated heterocycles. The van der Waals surface area contributed by atoms with E-state index in [2.05, 4.69) is 51.9 Å². The summed E-state index contributed by atoms with van der Waals surface area (Å²) < 4.78 is 9.58. The van der Waals surface area contributed by atoms with Crippen molar-refractivity contribution in [3.05, 3.63) is 35.4 Å². The number of benzene rings is 1. The van der Waals surface area contributed by atoms with Crippen LogP contribution in [0, 0.1) is 6.92 Å². The molecule has 1 aromatic carbocycles. The van der Waals surface area contributed by atoms with Gasteiger partial charge < -0.3 is 31.2 Å². The van der Waals surface area contributed by atoms with Crippen LogP contribution in [0.1, 0.15) is 44.7 Å². The molecule has 0 heterocycles. The average molecular weight is 467 g/mol. The highest BCUT2D eigenvalue weighted by Crippen LogP contribution is 2.10. The van der Waals surface area contributed by atoms with E-state index in [-0.39, 0.29) is 25.3 Å². The molecule has 0 aliphatic heterocycles. The molecule has 3 amide bonds. The van der Waals surface area contributed by atoms with Crippen LogP contribution in [0.4, 0.5) is 4.79 Å². The van der Waals surface area contributed by atoms with E-state index in [9.17, 15) is 19.2 Å². The summed E-state index contributed by atoms with van der Waals surface area (Å²) in [4.78, 5) is 46.1. The van der Waals surface area contributed by atoms with Crippen LogP contribution in [0.3, 0.4) is 0 Å². The second-order valence-electron chi connectivity index (χ2n) is 8.23. The van der Waals surface area contributed by atoms with E-state index in [0.29, 0.717) is 0 Å². The second kappa shape index (κ2) is 15.6. The molecule has 1 rings (SSSR count). The first-order valence-corrected chi connectivity index (χ1v) is 10.7. The number of hydrogen-bond acceptors (Lipinski definition) is 7. The lowest BCUT2D eigenvalue weighted by Gasteiger charge is -2.21. The number of aryl methyl sites for hydroxylation is 1. The average Bonchev–Trinajstić information content (AvgIpc) is 2.74. The number of alkyl carbamates (subject to hydrolysis) is 1. The molecule has 10 nitrogen and oxygen atoms in total. The van der Waals surface area contributed by atoms with Gasteiger partial charge in [0.05, 0.1) is 13.7 Å². The first kappa shape index (κ1) is 29.9. The van der Waals surface area contributed by atoms with E-state index in [4.69, 9.17) is 10.5 Å². The molecule has 0 bridgehead atoms. The molecule has 1 aromatic rings. The lowest BCUT2D eigenvalue weighted by molar-refractivity contribution is -0.155. The van der Waals surface area contributed by atoms with Gasteiger partial charge in [-0.05, 0) is 52.6 Å². The largest absolute Gasteiger partial charge is 0.460 e. The Hall–Kier alpha value is -3.14. The maximum atomic E-state index is 12.0. The number of nitrogens with two attached hydrogens (primary N) is 1. The van der Waals surface area contributed by atoms with Crippen LogP contribution in [0.5, 0.6) is 0 Å². The Kier molecular flexibility index (Phi) is 14.1. The third-order valence-electron chi connectivity index (χ3n) is 4.07. The third-order valence-corrected chi connectivity index (χ3v) is 4.07. The highest BCUT2D eigenvalue weighted by atomic mass is 16.6. The van der Waals surface area contributed by atoms with Crippen LogP contribution in [-0.4, -0.2) is 62.8 Å². The second-order valence-corrected chi connectivity index (χ2v) is 8.23. The Balaban J connectivity index is 0.000000843. The SMILES string of the molecule is CNC(=O)CNC(=O)C(CCC(=O)OC(C)(C)C)NC(=O)OC.Cc1cccc(CCN)c1. The molecule has 0 spiro atoms. The van der Waals surface area contributed by atoms with Gasteiger partial charge >= 0.3 is 12.1 Å². The number of amides is 3. The van der Waals surface area contributed by atoms with Gasteiger partial charge in [-0.3, -0.25) is 14.4 Å². The predicted octanol–water partition coefficient (Wildman–Crippen LogP) is 1.19. The summed E-state index contributed by atoms with van der Waals surface area (Å²) in [6.07, 6.45) is 0.124. The zero-order chi connectivity index (χ0) is 25.4. The minimum absolute atomic E-state index is 0.0175. The van der Waals surface area contributed by atoms with Crippen molar-refractivity contribution in [3.63, 3.8) is 0 Å². The van der Waals surface area contributed by atoms with Gasteiger partial charge in [0.2, 0.25) is 11.8 Å². The molecule has 33 heavy (non-hydrogen) atoms. The van der Waals surface area contributed by atoms with E-state index in [0.717, 1.165) is 20.1 Å². The Labute approximate surface area is 196 Å². The van der Waals surface area contributed by atoms with Crippen molar-refractivity contribution in [1.82, 2.24) is 16.0 Å². The van der Waals surface area contributed by atoms with Gasteiger partial charge in [0.25, 0.3) is 0 Å². The highest BCUT2D eigenvalue weighted by Gasteiger charge is 2.24. The Morgan fingerprint density at radius 3 is 2.33 bits per heavy atom. The van der Waals surface area contributed by atoms with E-state index < -0.39 is 29.6 Å². The first-order valence-electron chi connectivity index (χ1n) is 10.7. The quantitative estimate of drug-likeness (QED) is 0.399. The molecule has 1 unspecified atom stereocenters. The maximum absolute atomic E-state index is 12.0. The number of ether oxygens (including phenoxy) is 2. The number of rotatable bonds is 9. The molecular weight excluding hydrogens is 428 g/mol. The summed E-state index contributed by atoms with van der Waals surface area (Å²) in [7, 11) is 2.59. The monoisotopic (exact) mass is 466 g/mol. The van der Waals surface area contributed by atoms with Crippen LogP contribution in [-0.2, 0) is 30.3 Å². The third kappa shape index (κ3) is 15.3. The van der Waals surface area contributed by atoms with Crippen LogP contribution in [0.15, 0.2) is 24.3 Å². The van der Waals surface area contributed by atoms with Gasteiger partial charge in [-0.25, -0.2) is 4.79 Å². The standard InChI is InChI=1S/C14H25N3O6.C9H13N/c1-14(2,3)23-11(19)7-6-9(17-13(21)22-5)12(20)16-8-10(18)15-4;1-8-3-2-4-9(7-8)5-6-10/h9H,6-8H2,1-5H3,(H,15,18)(H,16,20)(H,17,21);2-4,7H,5-6,10H2,1H3. The minimum Gasteiger partial charge on any atom is -0.460 e. The van der Waals surface area contributed by atoms with Gasteiger partial charge in [0, 0.05) is 13.5 Å². The van der Waals surface area contributed by atoms with E-state index in [1.165, 1.54) is 18.2 Å². The molecular formula is C23H38N4O6. The van der Waals surface area contributed by atoms with Crippen LogP contribution < -0.4 is 21.7 Å². The number of carbonyl (C=O) groups is 4. The molecule has 0 saturated carbocycles. The van der Waals surface area contributed by atoms with E-state index in [1.54, 1.807) is 20.8 Å². The normalized spacial score (nSPS) is 11.2. The Morgan fingerprint density at radius 1 is 1.15 bits per heavy atom. The molecule has 0 radical (unpaired) electrons. The van der Waals surface area contributed by atoms with Gasteiger partial charge in [-0.1, -0.05) is 29.8 Å². The van der Waals surface area contributed by atoms with Gasteiger partial charge in [0.1, 0.15) is 11.6 Å². The molecule has 0 aliphatic rings. The van der Waals surface area contributed by atoms with Gasteiger partial charge in [0.15, 0.2) is 0 Å². The summed E-state index contributed by atoms with van der Waals surface area (Å²) in [6.45, 7) is 7.78. The molecule has 5 N–H and O–H groups in total. The minimum atomic E-state index is -1.01. The summed E-state index contributed by atoms with van der Waals surface area (Å²) in [5.41, 5.74) is 7.42. The fraction of sp³-hybridized carbons (Fsp3) is 0.565. The summed E-state index contributed by atoms with van der Waals surface area (Å²) >= 11 is 0. The smallest absolute Gasteiger partial charge is 0.407 e. The Bertz CT molecular complexity index is 776. The van der Waals surface area contributed by atoms with Crippen LogP contribution in [0.25, 0.3) is 0 Å². The fourth-order valence-corrected chi connectivity index (χ4v) is 2.54. The van der Waals surface area contributed by atoms with Crippen LogP contribution >= 0.6 is 0 Å². The topological polar surface area (TPSA) is 149 Å². The van der Waals surface area contributed by atoms with Crippen molar-refractivity contribution in [3.8, 4) is 0 Å². The van der Waals surface area contributed by atoms with Crippen molar-refractivity contribution in [2.45, 2.75) is 58.6 Å². The Morgan fingerprint density at radius 2 is 1.82 bits per heavy atom. The fourth-order valence-electron chi connectivity index (χ4n) is 2.54. The molecule has 186 valence electrons.